The van der Waals surface area contributed by atoms with E-state index in [-0.39, 0.29) is 5.91 Å². The molecule has 0 spiro atoms. The van der Waals surface area contributed by atoms with Crippen LogP contribution in [0.5, 0.6) is 5.75 Å². The van der Waals surface area contributed by atoms with Gasteiger partial charge in [-0.05, 0) is 42.7 Å². The largest absolute Gasteiger partial charge is 0.494 e. The third kappa shape index (κ3) is 5.89. The number of pyridine rings is 1. The van der Waals surface area contributed by atoms with E-state index in [1.54, 1.807) is 6.20 Å². The summed E-state index contributed by atoms with van der Waals surface area (Å²) in [5, 5.41) is 5.72. The number of nitrogens with one attached hydrogen (secondary N) is 1. The monoisotopic (exact) mass is 381 g/mol. The fraction of sp³-hybridized carbons (Fsp3) is 0.286. The molecule has 0 fully saturated rings. The lowest BCUT2D eigenvalue weighted by Gasteiger charge is -2.07. The van der Waals surface area contributed by atoms with Gasteiger partial charge in [0.25, 0.3) is 0 Å². The molecule has 3 aromatic rings. The maximum Gasteiger partial charge on any atom is 0.220 e. The molecule has 1 amide bonds. The van der Waals surface area contributed by atoms with Gasteiger partial charge in [0.1, 0.15) is 10.8 Å². The van der Waals surface area contributed by atoms with E-state index < -0.39 is 0 Å². The molecule has 1 aromatic carbocycles. The van der Waals surface area contributed by atoms with Crippen LogP contribution in [0, 0.1) is 0 Å². The number of carbonyl (C=O) groups is 1. The van der Waals surface area contributed by atoms with E-state index in [9.17, 15) is 4.79 Å². The molecule has 0 bridgehead atoms. The molecule has 0 saturated carbocycles. The van der Waals surface area contributed by atoms with Crippen LogP contribution in [0.3, 0.4) is 0 Å². The van der Waals surface area contributed by atoms with Gasteiger partial charge in [0.15, 0.2) is 0 Å². The Morgan fingerprint density at radius 1 is 1.19 bits per heavy atom. The van der Waals surface area contributed by atoms with Crippen LogP contribution in [-0.2, 0) is 17.8 Å². The number of carbonyl (C=O) groups excluding carboxylic acids is 1. The molecule has 0 unspecified atom stereocenters. The maximum absolute atomic E-state index is 12.0. The Morgan fingerprint density at radius 3 is 2.78 bits per heavy atom. The summed E-state index contributed by atoms with van der Waals surface area (Å²) in [7, 11) is 0. The van der Waals surface area contributed by atoms with Gasteiger partial charge in [0.05, 0.1) is 24.5 Å². The predicted molar refractivity (Wildman–Crippen MR) is 108 cm³/mol. The molecule has 27 heavy (non-hydrogen) atoms. The minimum Gasteiger partial charge on any atom is -0.494 e. The van der Waals surface area contributed by atoms with Gasteiger partial charge in [-0.25, -0.2) is 4.98 Å². The first-order valence-electron chi connectivity index (χ1n) is 9.09. The summed E-state index contributed by atoms with van der Waals surface area (Å²) in [6.07, 6.45) is 3.88. The van der Waals surface area contributed by atoms with Crippen molar-refractivity contribution in [3.8, 4) is 16.5 Å². The Kier molecular flexibility index (Phi) is 6.93. The van der Waals surface area contributed by atoms with Gasteiger partial charge in [-0.1, -0.05) is 25.1 Å². The minimum atomic E-state index is 0.00678. The molecule has 2 aromatic heterocycles. The van der Waals surface area contributed by atoms with Crippen LogP contribution < -0.4 is 10.1 Å². The smallest absolute Gasteiger partial charge is 0.220 e. The van der Waals surface area contributed by atoms with Gasteiger partial charge >= 0.3 is 0 Å². The highest BCUT2D eigenvalue weighted by Gasteiger charge is 2.07. The molecule has 6 heteroatoms. The zero-order chi connectivity index (χ0) is 18.9. The Morgan fingerprint density at radius 2 is 2.04 bits per heavy atom. The summed E-state index contributed by atoms with van der Waals surface area (Å²) in [6.45, 7) is 3.08. The Labute approximate surface area is 163 Å². The Balaban J connectivity index is 1.35. The van der Waals surface area contributed by atoms with E-state index in [0.717, 1.165) is 28.6 Å². The maximum atomic E-state index is 12.0. The highest BCUT2D eigenvalue weighted by molar-refractivity contribution is 7.13. The second-order valence-corrected chi connectivity index (χ2v) is 6.94. The molecule has 0 aliphatic rings. The number of hydrogen-bond donors (Lipinski definition) is 1. The third-order valence-electron chi connectivity index (χ3n) is 4.05. The lowest BCUT2D eigenvalue weighted by Crippen LogP contribution is -2.23. The molecule has 3 rings (SSSR count). The van der Waals surface area contributed by atoms with Crippen molar-refractivity contribution in [1.82, 2.24) is 15.3 Å². The number of rotatable bonds is 9. The van der Waals surface area contributed by atoms with E-state index >= 15 is 0 Å². The second kappa shape index (κ2) is 9.83. The quantitative estimate of drug-likeness (QED) is 0.563. The summed E-state index contributed by atoms with van der Waals surface area (Å²) in [5.41, 5.74) is 2.99. The normalized spacial score (nSPS) is 10.6. The zero-order valence-corrected chi connectivity index (χ0v) is 16.2. The van der Waals surface area contributed by atoms with E-state index in [0.29, 0.717) is 26.0 Å². The average molecular weight is 382 g/mol. The van der Waals surface area contributed by atoms with E-state index in [4.69, 9.17) is 4.74 Å². The molecule has 0 saturated heterocycles. The molecule has 140 valence electrons. The van der Waals surface area contributed by atoms with Gasteiger partial charge < -0.3 is 10.1 Å². The van der Waals surface area contributed by atoms with Gasteiger partial charge in [-0.15, -0.1) is 11.3 Å². The van der Waals surface area contributed by atoms with Crippen LogP contribution in [0.1, 0.15) is 31.0 Å². The number of aromatic nitrogens is 2. The highest BCUT2D eigenvalue weighted by Crippen LogP contribution is 2.21. The minimum absolute atomic E-state index is 0.00678. The van der Waals surface area contributed by atoms with Crippen LogP contribution >= 0.6 is 11.3 Å². The van der Waals surface area contributed by atoms with Gasteiger partial charge in [-0.3, -0.25) is 9.78 Å². The van der Waals surface area contributed by atoms with Gasteiger partial charge in [0, 0.05) is 18.0 Å². The van der Waals surface area contributed by atoms with Crippen molar-refractivity contribution in [3.63, 3.8) is 0 Å². The first kappa shape index (κ1) is 19.0. The molecule has 0 atom stereocenters. The van der Waals surface area contributed by atoms with Crippen molar-refractivity contribution in [2.45, 2.75) is 32.7 Å². The van der Waals surface area contributed by atoms with Crippen LogP contribution in [0.15, 0.2) is 54.0 Å². The number of amides is 1. The van der Waals surface area contributed by atoms with Crippen molar-refractivity contribution < 1.29 is 9.53 Å². The zero-order valence-electron chi connectivity index (χ0n) is 15.4. The number of benzene rings is 1. The number of hydrogen-bond acceptors (Lipinski definition) is 5. The SMILES string of the molecule is CCc1ccc(OCCCC(=O)NCc2csc(-c3ccccn3)n2)cc1. The molecular weight excluding hydrogens is 358 g/mol. The van der Waals surface area contributed by atoms with Crippen LogP contribution in [-0.4, -0.2) is 22.5 Å². The molecular formula is C21H23N3O2S. The van der Waals surface area contributed by atoms with Crippen molar-refractivity contribution in [2.75, 3.05) is 6.61 Å². The van der Waals surface area contributed by atoms with Crippen molar-refractivity contribution in [2.24, 2.45) is 0 Å². The van der Waals surface area contributed by atoms with Crippen LogP contribution in [0.2, 0.25) is 0 Å². The van der Waals surface area contributed by atoms with Gasteiger partial charge in [0.2, 0.25) is 5.91 Å². The average Bonchev–Trinajstić information content (AvgIpc) is 3.20. The topological polar surface area (TPSA) is 64.1 Å². The van der Waals surface area contributed by atoms with Crippen molar-refractivity contribution in [1.29, 1.82) is 0 Å². The molecule has 5 nitrogen and oxygen atoms in total. The summed E-state index contributed by atoms with van der Waals surface area (Å²) >= 11 is 1.53. The molecule has 0 radical (unpaired) electrons. The van der Waals surface area contributed by atoms with E-state index in [1.165, 1.54) is 16.9 Å². The first-order chi connectivity index (χ1) is 13.2. The third-order valence-corrected chi connectivity index (χ3v) is 4.96. The fourth-order valence-corrected chi connectivity index (χ4v) is 3.31. The van der Waals surface area contributed by atoms with Crippen molar-refractivity contribution in [3.05, 3.63) is 65.3 Å². The lowest BCUT2D eigenvalue weighted by atomic mass is 10.2. The Hall–Kier alpha value is -2.73. The molecule has 0 aliphatic carbocycles. The predicted octanol–water partition coefficient (Wildman–Crippen LogP) is 4.24. The standard InChI is InChI=1S/C21H23N3O2S/c1-2-16-8-10-18(11-9-16)26-13-5-7-20(25)23-14-17-15-27-21(24-17)19-6-3-4-12-22-19/h3-4,6,8-12,15H,2,5,7,13-14H2,1H3,(H,23,25). The Bertz CT molecular complexity index is 847. The summed E-state index contributed by atoms with van der Waals surface area (Å²) in [5.74, 6) is 0.851. The second-order valence-electron chi connectivity index (χ2n) is 6.09. The number of thiazole rings is 1. The number of nitrogens with zero attached hydrogens (tertiary/aromatic N) is 2. The van der Waals surface area contributed by atoms with Gasteiger partial charge in [-0.2, -0.15) is 0 Å². The summed E-state index contributed by atoms with van der Waals surface area (Å²) in [6, 6.07) is 13.8. The number of aryl methyl sites for hydroxylation is 1. The summed E-state index contributed by atoms with van der Waals surface area (Å²) in [4.78, 5) is 20.8. The van der Waals surface area contributed by atoms with Crippen LogP contribution in [0.25, 0.3) is 10.7 Å². The molecule has 1 N–H and O–H groups in total. The molecule has 0 aliphatic heterocycles. The van der Waals surface area contributed by atoms with Crippen LogP contribution in [0.4, 0.5) is 0 Å². The highest BCUT2D eigenvalue weighted by atomic mass is 32.1. The van der Waals surface area contributed by atoms with E-state index in [2.05, 4.69) is 34.3 Å². The van der Waals surface area contributed by atoms with Crippen molar-refractivity contribution >= 4 is 17.2 Å². The first-order valence-corrected chi connectivity index (χ1v) is 9.97. The molecule has 2 heterocycles. The lowest BCUT2D eigenvalue weighted by molar-refractivity contribution is -0.121. The fourth-order valence-electron chi connectivity index (χ4n) is 2.52. The van der Waals surface area contributed by atoms with E-state index in [1.807, 2.05) is 35.7 Å². The number of ether oxygens (including phenoxy) is 1. The summed E-state index contributed by atoms with van der Waals surface area (Å²) < 4.78 is 5.67.